The number of imidazole rings is 1. The van der Waals surface area contributed by atoms with Crippen LogP contribution in [0.15, 0.2) is 66.7 Å². The monoisotopic (exact) mass is 656 g/mol. The summed E-state index contributed by atoms with van der Waals surface area (Å²) < 4.78 is 34.6. The molecule has 248 valence electrons. The summed E-state index contributed by atoms with van der Waals surface area (Å²) in [6, 6.07) is 21.2. The molecule has 0 saturated carbocycles. The molecule has 5 aromatic rings. The molecule has 15 heteroatoms. The zero-order valence-corrected chi connectivity index (χ0v) is 26.0. The van der Waals surface area contributed by atoms with Crippen molar-refractivity contribution in [2.45, 2.75) is 51.1 Å². The number of carbonyl (C=O) groups excluding carboxylic acids is 2. The van der Waals surface area contributed by atoms with Crippen molar-refractivity contribution in [3.8, 4) is 28.5 Å². The molecule has 2 N–H and O–H groups in total. The maximum Gasteiger partial charge on any atom is 0.511 e. The number of nitrogens with one attached hydrogen (secondary N) is 1. The van der Waals surface area contributed by atoms with E-state index < -0.39 is 42.8 Å². The summed E-state index contributed by atoms with van der Waals surface area (Å²) in [5, 5.41) is 24.3. The van der Waals surface area contributed by atoms with E-state index in [9.17, 15) is 14.7 Å². The van der Waals surface area contributed by atoms with Gasteiger partial charge in [0.25, 0.3) is 6.01 Å². The number of tetrazole rings is 1. The van der Waals surface area contributed by atoms with Gasteiger partial charge in [-0.2, -0.15) is 10.2 Å². The van der Waals surface area contributed by atoms with Crippen LogP contribution < -0.4 is 4.74 Å². The molecule has 3 aromatic carbocycles. The van der Waals surface area contributed by atoms with Gasteiger partial charge < -0.3 is 33.5 Å². The molecule has 2 aromatic heterocycles. The van der Waals surface area contributed by atoms with Gasteiger partial charge in [0.15, 0.2) is 6.10 Å². The average molecular weight is 657 g/mol. The van der Waals surface area contributed by atoms with Gasteiger partial charge in [-0.3, -0.25) is 4.57 Å². The van der Waals surface area contributed by atoms with Crippen LogP contribution in [0.1, 0.15) is 29.8 Å². The molecule has 0 aliphatic carbocycles. The highest BCUT2D eigenvalue weighted by molar-refractivity contribution is 6.02. The van der Waals surface area contributed by atoms with Gasteiger partial charge in [-0.1, -0.05) is 54.6 Å². The first-order chi connectivity index (χ1) is 23.4. The van der Waals surface area contributed by atoms with Crippen molar-refractivity contribution >= 4 is 23.2 Å². The van der Waals surface area contributed by atoms with Crippen molar-refractivity contribution in [2.75, 3.05) is 19.8 Å². The van der Waals surface area contributed by atoms with Crippen molar-refractivity contribution in [3.63, 3.8) is 0 Å². The Morgan fingerprint density at radius 3 is 2.56 bits per heavy atom. The Bertz CT molecular complexity index is 1910. The van der Waals surface area contributed by atoms with E-state index in [4.69, 9.17) is 28.4 Å². The van der Waals surface area contributed by atoms with E-state index in [1.54, 1.807) is 18.2 Å². The van der Waals surface area contributed by atoms with E-state index in [2.05, 4.69) is 25.6 Å². The van der Waals surface area contributed by atoms with Crippen LogP contribution in [0.3, 0.4) is 0 Å². The van der Waals surface area contributed by atoms with Crippen LogP contribution in [0.4, 0.5) is 4.79 Å². The molecule has 2 fully saturated rings. The zero-order chi connectivity index (χ0) is 33.2. The van der Waals surface area contributed by atoms with Gasteiger partial charge in [0.05, 0.1) is 43.0 Å². The number of aliphatic hydroxyl groups excluding tert-OH is 1. The lowest BCUT2D eigenvalue weighted by Crippen LogP contribution is -2.35. The van der Waals surface area contributed by atoms with E-state index in [1.165, 1.54) is 6.92 Å². The SMILES string of the molecule is CCOc1nc2cccc(C(=O)OC(C)OC(=O)O[C@H]3CO[C@H]4C3OC[C@H]4O)c2n1Cc1ccc(-c2ccccc2-c2nn[nH]n2)cc1. The number of carbonyl (C=O) groups is 2. The summed E-state index contributed by atoms with van der Waals surface area (Å²) in [7, 11) is 0. The van der Waals surface area contributed by atoms with Crippen LogP contribution in [0.5, 0.6) is 6.01 Å². The third-order valence-electron chi connectivity index (χ3n) is 8.11. The number of aromatic amines is 1. The molecule has 0 radical (unpaired) electrons. The molecule has 0 amide bonds. The van der Waals surface area contributed by atoms with Gasteiger partial charge in [0, 0.05) is 12.5 Å². The smallest absolute Gasteiger partial charge is 0.465 e. The minimum Gasteiger partial charge on any atom is -0.465 e. The van der Waals surface area contributed by atoms with Crippen LogP contribution in [0.25, 0.3) is 33.5 Å². The average Bonchev–Trinajstić information content (AvgIpc) is 3.89. The fourth-order valence-corrected chi connectivity index (χ4v) is 5.96. The first-order valence-electron chi connectivity index (χ1n) is 15.4. The van der Waals surface area contributed by atoms with E-state index in [0.717, 1.165) is 22.3 Å². The number of benzene rings is 3. The predicted octanol–water partition coefficient (Wildman–Crippen LogP) is 3.51. The summed E-state index contributed by atoms with van der Waals surface area (Å²) >= 11 is 0. The lowest BCUT2D eigenvalue weighted by Gasteiger charge is -2.19. The number of fused-ring (bicyclic) bond motifs is 2. The van der Waals surface area contributed by atoms with Crippen molar-refractivity contribution < 1.29 is 43.1 Å². The molecule has 2 aliphatic rings. The third kappa shape index (κ3) is 6.17. The number of nitrogens with zero attached hydrogens (tertiary/aromatic N) is 5. The van der Waals surface area contributed by atoms with Gasteiger partial charge in [-0.15, -0.1) is 10.2 Å². The predicted molar refractivity (Wildman–Crippen MR) is 167 cm³/mol. The maximum atomic E-state index is 13.5. The van der Waals surface area contributed by atoms with Gasteiger partial charge in [-0.05, 0) is 41.0 Å². The van der Waals surface area contributed by atoms with Crippen molar-refractivity contribution in [1.29, 1.82) is 0 Å². The molecule has 2 saturated heterocycles. The Labute approximate surface area is 273 Å². The van der Waals surface area contributed by atoms with E-state index in [1.807, 2.05) is 60.0 Å². The van der Waals surface area contributed by atoms with E-state index in [-0.39, 0.29) is 18.8 Å². The number of H-pyrrole nitrogens is 1. The molecule has 48 heavy (non-hydrogen) atoms. The Morgan fingerprint density at radius 2 is 1.79 bits per heavy atom. The fourth-order valence-electron chi connectivity index (χ4n) is 5.96. The molecule has 0 spiro atoms. The van der Waals surface area contributed by atoms with E-state index in [0.29, 0.717) is 36.0 Å². The molecule has 7 rings (SSSR count). The highest BCUT2D eigenvalue weighted by Gasteiger charge is 2.49. The van der Waals surface area contributed by atoms with Crippen LogP contribution in [0.2, 0.25) is 0 Å². The topological polar surface area (TPSA) is 182 Å². The van der Waals surface area contributed by atoms with Gasteiger partial charge >= 0.3 is 12.1 Å². The molecule has 5 atom stereocenters. The first kappa shape index (κ1) is 31.2. The van der Waals surface area contributed by atoms with Crippen LogP contribution in [-0.4, -0.2) is 97.9 Å². The third-order valence-corrected chi connectivity index (χ3v) is 8.11. The highest BCUT2D eigenvalue weighted by Crippen LogP contribution is 2.32. The number of aliphatic hydroxyl groups is 1. The quantitative estimate of drug-likeness (QED) is 0.165. The summed E-state index contributed by atoms with van der Waals surface area (Å²) in [4.78, 5) is 30.6. The molecule has 0 bridgehead atoms. The summed E-state index contributed by atoms with van der Waals surface area (Å²) in [5.74, 6) is -0.233. The number of aromatic nitrogens is 6. The Kier molecular flexibility index (Phi) is 8.71. The lowest BCUT2D eigenvalue weighted by molar-refractivity contribution is -0.0986. The van der Waals surface area contributed by atoms with Crippen LogP contribution in [-0.2, 0) is 30.2 Å². The molecule has 4 heterocycles. The maximum absolute atomic E-state index is 13.5. The van der Waals surface area contributed by atoms with Gasteiger partial charge in [0.1, 0.15) is 18.3 Å². The molecular weight excluding hydrogens is 624 g/mol. The Balaban J connectivity index is 1.08. The number of hydrogen-bond acceptors (Lipinski definition) is 13. The first-order valence-corrected chi connectivity index (χ1v) is 15.4. The number of esters is 1. The summed E-state index contributed by atoms with van der Waals surface area (Å²) in [6.45, 7) is 4.10. The van der Waals surface area contributed by atoms with Crippen molar-refractivity contribution in [2.24, 2.45) is 0 Å². The van der Waals surface area contributed by atoms with Crippen molar-refractivity contribution in [3.05, 3.63) is 77.9 Å². The Hall–Kier alpha value is -5.38. The van der Waals surface area contributed by atoms with Gasteiger partial charge in [-0.25, -0.2) is 9.59 Å². The summed E-state index contributed by atoms with van der Waals surface area (Å²) in [6.07, 6.45) is -5.03. The number of hydrogen-bond donors (Lipinski definition) is 2. The second-order valence-corrected chi connectivity index (χ2v) is 11.2. The number of ether oxygens (including phenoxy) is 6. The van der Waals surface area contributed by atoms with Crippen LogP contribution >= 0.6 is 0 Å². The lowest BCUT2D eigenvalue weighted by atomic mass is 9.98. The number of para-hydroxylation sites is 1. The standard InChI is InChI=1S/C33H32N6O9/c1-3-43-32-34-24-10-6-9-23(31(41)46-18(2)47-33(42)48-26-17-45-28-25(40)16-44-29(26)28)27(24)39(32)15-19-11-13-20(14-12-19)21-7-4-5-8-22(21)30-35-37-38-36-30/h4-14,18,25-26,28-29,40H,3,15-17H2,1-2H3,(H,35,36,37,38)/t18?,25-,26+,28-,29?/m1/s1. The zero-order valence-electron chi connectivity index (χ0n) is 26.0. The minimum absolute atomic E-state index is 0.0556. The highest BCUT2D eigenvalue weighted by atomic mass is 16.8. The van der Waals surface area contributed by atoms with Crippen molar-refractivity contribution in [1.82, 2.24) is 30.2 Å². The Morgan fingerprint density at radius 1 is 1.00 bits per heavy atom. The van der Waals surface area contributed by atoms with Gasteiger partial charge in [0.2, 0.25) is 12.1 Å². The van der Waals surface area contributed by atoms with Crippen LogP contribution in [0, 0.1) is 0 Å². The fraction of sp³-hybridized carbons (Fsp3) is 0.333. The summed E-state index contributed by atoms with van der Waals surface area (Å²) in [5.41, 5.74) is 4.92. The van der Waals surface area contributed by atoms with E-state index >= 15 is 0 Å². The largest absolute Gasteiger partial charge is 0.511 e. The molecule has 2 aliphatic heterocycles. The molecule has 15 nitrogen and oxygen atoms in total. The number of rotatable bonds is 10. The second kappa shape index (κ2) is 13.4. The molecule has 2 unspecified atom stereocenters. The second-order valence-electron chi connectivity index (χ2n) is 11.2. The minimum atomic E-state index is -1.28. The normalized spacial score (nSPS) is 20.7. The molecular formula is C33H32N6O9.